The molecular weight excluding hydrogens is 336 g/mol. The number of carbonyl (C=O) groups is 1. The smallest absolute Gasteiger partial charge is 0.179 e. The molecule has 0 aliphatic rings. The second-order valence-electron chi connectivity index (χ2n) is 7.48. The first-order valence-corrected chi connectivity index (χ1v) is 9.50. The van der Waals surface area contributed by atoms with Crippen molar-refractivity contribution in [3.05, 3.63) is 71.4 Å². The van der Waals surface area contributed by atoms with Crippen LogP contribution in [0.3, 0.4) is 0 Å². The summed E-state index contributed by atoms with van der Waals surface area (Å²) in [6.45, 7) is 7.06. The maximum absolute atomic E-state index is 13.2. The van der Waals surface area contributed by atoms with E-state index >= 15 is 0 Å². The molecule has 0 saturated heterocycles. The van der Waals surface area contributed by atoms with Gasteiger partial charge in [0.25, 0.3) is 0 Å². The number of Topliss-reactive ketones (excluding diaryl/α,β-unsaturated/α-hetero) is 1. The van der Waals surface area contributed by atoms with Gasteiger partial charge in [-0.2, -0.15) is 0 Å². The van der Waals surface area contributed by atoms with Gasteiger partial charge in [-0.25, -0.2) is 0 Å². The summed E-state index contributed by atoms with van der Waals surface area (Å²) in [4.78, 5) is 18.6. The zero-order chi connectivity index (χ0) is 19.4. The summed E-state index contributed by atoms with van der Waals surface area (Å²) in [6.07, 6.45) is 0. The van der Waals surface area contributed by atoms with E-state index in [0.29, 0.717) is 6.54 Å². The Hall–Kier alpha value is -2.43. The molecule has 2 aromatic carbocycles. The zero-order valence-corrected chi connectivity index (χ0v) is 16.3. The van der Waals surface area contributed by atoms with Gasteiger partial charge >= 0.3 is 0 Å². The van der Waals surface area contributed by atoms with Crippen LogP contribution >= 0.6 is 0 Å². The van der Waals surface area contributed by atoms with Gasteiger partial charge in [-0.15, -0.1) is 0 Å². The first-order valence-electron chi connectivity index (χ1n) is 9.50. The molecule has 3 rings (SSSR count). The highest BCUT2D eigenvalue weighted by molar-refractivity contribution is 6.10. The molecule has 0 amide bonds. The molecule has 0 saturated carbocycles. The van der Waals surface area contributed by atoms with Gasteiger partial charge < -0.3 is 10.1 Å². The van der Waals surface area contributed by atoms with Crippen LogP contribution in [0.1, 0.15) is 35.5 Å². The molecule has 1 unspecified atom stereocenters. The number of hydrogen-bond donors (Lipinski definition) is 2. The van der Waals surface area contributed by atoms with Gasteiger partial charge in [-0.1, -0.05) is 62.4 Å². The molecule has 2 N–H and O–H groups in total. The Labute approximate surface area is 160 Å². The molecule has 1 heterocycles. The number of aliphatic hydroxyl groups is 1. The average molecular weight is 364 g/mol. The minimum absolute atomic E-state index is 0.0324. The molecule has 4 nitrogen and oxygen atoms in total. The van der Waals surface area contributed by atoms with Gasteiger partial charge in [-0.3, -0.25) is 9.69 Å². The molecule has 0 fully saturated rings. The van der Waals surface area contributed by atoms with E-state index in [1.807, 2.05) is 49.4 Å². The number of aromatic nitrogens is 1. The topological polar surface area (TPSA) is 56.3 Å². The standard InChI is InChI=1S/C23H28N2O2/c1-16(2)21(15-26)25(13-18-9-5-4-6-10-18)14-22(27)23-17(3)24-20-12-8-7-11-19(20)23/h4-12,16,21,24,26H,13-15H2,1-3H3. The number of H-pyrrole nitrogens is 1. The number of para-hydroxylation sites is 1. The second kappa shape index (κ2) is 8.51. The Morgan fingerprint density at radius 3 is 2.41 bits per heavy atom. The largest absolute Gasteiger partial charge is 0.395 e. The fourth-order valence-corrected chi connectivity index (χ4v) is 3.76. The lowest BCUT2D eigenvalue weighted by atomic mass is 10.00. The van der Waals surface area contributed by atoms with Crippen LogP contribution in [0.15, 0.2) is 54.6 Å². The molecule has 0 bridgehead atoms. The van der Waals surface area contributed by atoms with Crippen molar-refractivity contribution in [2.75, 3.05) is 13.2 Å². The maximum Gasteiger partial charge on any atom is 0.179 e. The molecule has 1 aromatic heterocycles. The number of fused-ring (bicyclic) bond motifs is 1. The third-order valence-electron chi connectivity index (χ3n) is 5.17. The molecule has 3 aromatic rings. The van der Waals surface area contributed by atoms with Gasteiger partial charge in [0.05, 0.1) is 13.2 Å². The molecule has 142 valence electrons. The second-order valence-corrected chi connectivity index (χ2v) is 7.48. The van der Waals surface area contributed by atoms with Crippen LogP contribution in [0, 0.1) is 12.8 Å². The van der Waals surface area contributed by atoms with Crippen LogP contribution in [0.5, 0.6) is 0 Å². The van der Waals surface area contributed by atoms with E-state index in [2.05, 4.69) is 35.9 Å². The predicted molar refractivity (Wildman–Crippen MR) is 110 cm³/mol. The van der Waals surface area contributed by atoms with Gasteiger partial charge in [0.2, 0.25) is 0 Å². The van der Waals surface area contributed by atoms with E-state index in [1.165, 1.54) is 0 Å². The molecule has 0 radical (unpaired) electrons. The lowest BCUT2D eigenvalue weighted by Crippen LogP contribution is -2.44. The number of nitrogens with zero attached hydrogens (tertiary/aromatic N) is 1. The molecule has 1 atom stereocenters. The highest BCUT2D eigenvalue weighted by Gasteiger charge is 2.26. The van der Waals surface area contributed by atoms with Gasteiger partial charge in [0.15, 0.2) is 5.78 Å². The van der Waals surface area contributed by atoms with E-state index in [-0.39, 0.29) is 30.9 Å². The Kier molecular flexibility index (Phi) is 6.09. The maximum atomic E-state index is 13.2. The van der Waals surface area contributed by atoms with Crippen molar-refractivity contribution < 1.29 is 9.90 Å². The van der Waals surface area contributed by atoms with Crippen molar-refractivity contribution in [2.24, 2.45) is 5.92 Å². The van der Waals surface area contributed by atoms with Crippen LogP contribution in [0.2, 0.25) is 0 Å². The SMILES string of the molecule is Cc1[nH]c2ccccc2c1C(=O)CN(Cc1ccccc1)C(CO)C(C)C. The van der Waals surface area contributed by atoms with E-state index in [0.717, 1.165) is 27.7 Å². The molecule has 0 spiro atoms. The van der Waals surface area contributed by atoms with E-state index < -0.39 is 0 Å². The number of aliphatic hydroxyl groups excluding tert-OH is 1. The monoisotopic (exact) mass is 364 g/mol. The Balaban J connectivity index is 1.90. The lowest BCUT2D eigenvalue weighted by molar-refractivity contribution is 0.0686. The third-order valence-corrected chi connectivity index (χ3v) is 5.17. The van der Waals surface area contributed by atoms with E-state index in [1.54, 1.807) is 0 Å². The number of aromatic amines is 1. The Bertz CT molecular complexity index is 899. The number of aryl methyl sites for hydroxylation is 1. The quantitative estimate of drug-likeness (QED) is 0.590. The van der Waals surface area contributed by atoms with Crippen molar-refractivity contribution in [3.63, 3.8) is 0 Å². The first-order chi connectivity index (χ1) is 13.0. The summed E-state index contributed by atoms with van der Waals surface area (Å²) in [7, 11) is 0. The number of carbonyl (C=O) groups excluding carboxylic acids is 1. The predicted octanol–water partition coefficient (Wildman–Crippen LogP) is 4.18. The van der Waals surface area contributed by atoms with Crippen molar-refractivity contribution >= 4 is 16.7 Å². The highest BCUT2D eigenvalue weighted by atomic mass is 16.3. The van der Waals surface area contributed by atoms with Crippen molar-refractivity contribution in [2.45, 2.75) is 33.4 Å². The molecule has 27 heavy (non-hydrogen) atoms. The van der Waals surface area contributed by atoms with Crippen LogP contribution in [-0.2, 0) is 6.54 Å². The van der Waals surface area contributed by atoms with Crippen LogP contribution < -0.4 is 0 Å². The first kappa shape index (κ1) is 19.3. The molecule has 4 heteroatoms. The summed E-state index contributed by atoms with van der Waals surface area (Å²) in [5.74, 6) is 0.329. The fraction of sp³-hybridized carbons (Fsp3) is 0.348. The summed E-state index contributed by atoms with van der Waals surface area (Å²) >= 11 is 0. The zero-order valence-electron chi connectivity index (χ0n) is 16.3. The minimum Gasteiger partial charge on any atom is -0.395 e. The van der Waals surface area contributed by atoms with E-state index in [9.17, 15) is 9.90 Å². The summed E-state index contributed by atoms with van der Waals surface area (Å²) in [5, 5.41) is 10.9. The average Bonchev–Trinajstić information content (AvgIpc) is 2.98. The number of benzene rings is 2. The van der Waals surface area contributed by atoms with Gasteiger partial charge in [0.1, 0.15) is 0 Å². The summed E-state index contributed by atoms with van der Waals surface area (Å²) in [5.41, 5.74) is 3.77. The Morgan fingerprint density at radius 2 is 1.74 bits per heavy atom. The number of nitrogens with one attached hydrogen (secondary N) is 1. The van der Waals surface area contributed by atoms with E-state index in [4.69, 9.17) is 0 Å². The third kappa shape index (κ3) is 4.29. The fourth-order valence-electron chi connectivity index (χ4n) is 3.76. The van der Waals surface area contributed by atoms with Crippen LogP contribution in [0.4, 0.5) is 0 Å². The number of ketones is 1. The van der Waals surface area contributed by atoms with Crippen molar-refractivity contribution in [1.29, 1.82) is 0 Å². The number of rotatable bonds is 8. The summed E-state index contributed by atoms with van der Waals surface area (Å²) in [6, 6.07) is 17.9. The van der Waals surface area contributed by atoms with Crippen LogP contribution in [-0.4, -0.2) is 40.0 Å². The molecule has 0 aliphatic heterocycles. The van der Waals surface area contributed by atoms with Crippen molar-refractivity contribution in [1.82, 2.24) is 9.88 Å². The van der Waals surface area contributed by atoms with Gasteiger partial charge in [0, 0.05) is 34.7 Å². The molecular formula is C23H28N2O2. The highest BCUT2D eigenvalue weighted by Crippen LogP contribution is 2.24. The lowest BCUT2D eigenvalue weighted by Gasteiger charge is -2.32. The van der Waals surface area contributed by atoms with Gasteiger partial charge in [-0.05, 0) is 24.5 Å². The van der Waals surface area contributed by atoms with Crippen LogP contribution in [0.25, 0.3) is 10.9 Å². The normalized spacial score (nSPS) is 12.8. The summed E-state index contributed by atoms with van der Waals surface area (Å²) < 4.78 is 0. The Morgan fingerprint density at radius 1 is 1.07 bits per heavy atom. The minimum atomic E-state index is -0.0698. The van der Waals surface area contributed by atoms with Crippen molar-refractivity contribution in [3.8, 4) is 0 Å². The number of hydrogen-bond acceptors (Lipinski definition) is 3. The molecule has 0 aliphatic carbocycles.